The number of nitriles is 1. The zero-order valence-corrected chi connectivity index (χ0v) is 12.6. The Kier molecular flexibility index (Phi) is 4.43. The summed E-state index contributed by atoms with van der Waals surface area (Å²) >= 11 is 2.16. The molecule has 0 N–H and O–H groups in total. The minimum absolute atomic E-state index is 0.0181. The molecule has 0 aromatic heterocycles. The highest BCUT2D eigenvalue weighted by Crippen LogP contribution is 2.28. The van der Waals surface area contributed by atoms with Crippen molar-refractivity contribution in [1.82, 2.24) is 4.90 Å². The molecule has 1 amide bonds. The monoisotopic (exact) mass is 368 g/mol. The van der Waals surface area contributed by atoms with Crippen LogP contribution in [0.25, 0.3) is 5.70 Å². The maximum atomic E-state index is 11.9. The van der Waals surface area contributed by atoms with Gasteiger partial charge in [-0.15, -0.1) is 0 Å². The third kappa shape index (κ3) is 3.07. The third-order valence-corrected chi connectivity index (χ3v) is 3.97. The first kappa shape index (κ1) is 13.9. The number of carbonyl (C=O) groups is 1. The first-order valence-corrected chi connectivity index (χ1v) is 7.10. The molecule has 0 aliphatic carbocycles. The zero-order valence-electron chi connectivity index (χ0n) is 10.5. The van der Waals surface area contributed by atoms with Crippen molar-refractivity contribution in [3.05, 3.63) is 35.9 Å². The van der Waals surface area contributed by atoms with Crippen molar-refractivity contribution in [3.8, 4) is 11.8 Å². The lowest BCUT2D eigenvalue weighted by molar-refractivity contribution is -0.126. The smallest absolute Gasteiger partial charge is 0.240 e. The van der Waals surface area contributed by atoms with Gasteiger partial charge in [0.05, 0.1) is 3.92 Å². The van der Waals surface area contributed by atoms with Crippen LogP contribution in [-0.4, -0.2) is 28.4 Å². The average molecular weight is 368 g/mol. The van der Waals surface area contributed by atoms with Gasteiger partial charge in [-0.2, -0.15) is 5.26 Å². The molecule has 0 saturated heterocycles. The van der Waals surface area contributed by atoms with Gasteiger partial charge >= 0.3 is 0 Å². The first-order valence-electron chi connectivity index (χ1n) is 5.85. The van der Waals surface area contributed by atoms with Crippen LogP contribution in [0, 0.1) is 11.3 Å². The number of benzene rings is 1. The number of hydrogen-bond acceptors (Lipinski definition) is 3. The van der Waals surface area contributed by atoms with Crippen molar-refractivity contribution in [1.29, 1.82) is 5.26 Å². The molecule has 0 saturated carbocycles. The summed E-state index contributed by atoms with van der Waals surface area (Å²) in [6.07, 6.45) is 2.83. The van der Waals surface area contributed by atoms with Crippen LogP contribution in [-0.2, 0) is 4.79 Å². The van der Waals surface area contributed by atoms with E-state index in [4.69, 9.17) is 10.00 Å². The fourth-order valence-electron chi connectivity index (χ4n) is 1.93. The van der Waals surface area contributed by atoms with Crippen LogP contribution >= 0.6 is 22.6 Å². The number of nitrogens with zero attached hydrogens (tertiary/aromatic N) is 2. The van der Waals surface area contributed by atoms with E-state index in [1.807, 2.05) is 30.3 Å². The Morgan fingerprint density at radius 3 is 2.79 bits per heavy atom. The second-order valence-corrected chi connectivity index (χ2v) is 5.66. The standard InChI is InChI=1S/C14H13IN2O2/c1-17-13(7-6-12(15)14(17)18)10-2-4-11(5-3-10)19-9-8-16/h2-5,7,12H,6,9H2,1H3. The fourth-order valence-corrected chi connectivity index (χ4v) is 2.60. The lowest BCUT2D eigenvalue weighted by atomic mass is 10.1. The van der Waals surface area contributed by atoms with Crippen LogP contribution in [0.4, 0.5) is 0 Å². The summed E-state index contributed by atoms with van der Waals surface area (Å²) in [5.41, 5.74) is 1.90. The summed E-state index contributed by atoms with van der Waals surface area (Å²) in [7, 11) is 1.79. The fraction of sp³-hybridized carbons (Fsp3) is 0.286. The zero-order chi connectivity index (χ0) is 13.8. The Morgan fingerprint density at radius 2 is 2.16 bits per heavy atom. The predicted molar refractivity (Wildman–Crippen MR) is 80.7 cm³/mol. The minimum atomic E-state index is 0.0181. The van der Waals surface area contributed by atoms with Crippen molar-refractivity contribution in [2.45, 2.75) is 10.3 Å². The Labute approximate surface area is 125 Å². The number of ether oxygens (including phenoxy) is 1. The van der Waals surface area contributed by atoms with E-state index < -0.39 is 0 Å². The molecule has 0 spiro atoms. The highest BCUT2D eigenvalue weighted by Gasteiger charge is 2.26. The molecule has 0 radical (unpaired) electrons. The summed E-state index contributed by atoms with van der Waals surface area (Å²) in [4.78, 5) is 13.6. The summed E-state index contributed by atoms with van der Waals surface area (Å²) in [5.74, 6) is 0.783. The van der Waals surface area contributed by atoms with Gasteiger partial charge in [-0.25, -0.2) is 0 Å². The maximum absolute atomic E-state index is 11.9. The van der Waals surface area contributed by atoms with Crippen LogP contribution in [0.1, 0.15) is 12.0 Å². The molecule has 98 valence electrons. The molecule has 0 fully saturated rings. The third-order valence-electron chi connectivity index (χ3n) is 2.93. The van der Waals surface area contributed by atoms with Crippen LogP contribution in [0.5, 0.6) is 5.75 Å². The summed E-state index contributed by atoms with van der Waals surface area (Å²) in [5, 5.41) is 8.45. The van der Waals surface area contributed by atoms with Crippen LogP contribution in [0.2, 0.25) is 0 Å². The Bertz CT molecular complexity index is 546. The van der Waals surface area contributed by atoms with E-state index in [2.05, 4.69) is 28.7 Å². The first-order chi connectivity index (χ1) is 9.13. The quantitative estimate of drug-likeness (QED) is 0.609. The lowest BCUT2D eigenvalue weighted by Gasteiger charge is -2.27. The van der Waals surface area contributed by atoms with E-state index in [0.717, 1.165) is 17.7 Å². The normalized spacial score (nSPS) is 18.8. The summed E-state index contributed by atoms with van der Waals surface area (Å²) in [6.45, 7) is 0.0386. The molecule has 0 bridgehead atoms. The van der Waals surface area contributed by atoms with E-state index in [1.165, 1.54) is 0 Å². The van der Waals surface area contributed by atoms with Crippen LogP contribution in [0.15, 0.2) is 30.3 Å². The average Bonchev–Trinajstić information content (AvgIpc) is 2.44. The number of rotatable bonds is 3. The van der Waals surface area contributed by atoms with E-state index >= 15 is 0 Å². The number of carbonyl (C=O) groups excluding carboxylic acids is 1. The molecule has 1 atom stereocenters. The van der Waals surface area contributed by atoms with Gasteiger partial charge in [0.2, 0.25) is 5.91 Å². The van der Waals surface area contributed by atoms with Crippen LogP contribution in [0.3, 0.4) is 0 Å². The Balaban J connectivity index is 2.19. The van der Waals surface area contributed by atoms with Crippen molar-refractivity contribution in [2.75, 3.05) is 13.7 Å². The molecule has 4 nitrogen and oxygen atoms in total. The molecular formula is C14H13IN2O2. The molecule has 19 heavy (non-hydrogen) atoms. The highest BCUT2D eigenvalue weighted by molar-refractivity contribution is 14.1. The van der Waals surface area contributed by atoms with Crippen molar-refractivity contribution in [3.63, 3.8) is 0 Å². The maximum Gasteiger partial charge on any atom is 0.240 e. The van der Waals surface area contributed by atoms with Gasteiger partial charge in [-0.3, -0.25) is 4.79 Å². The second-order valence-electron chi connectivity index (χ2n) is 4.16. The van der Waals surface area contributed by atoms with Crippen LogP contribution < -0.4 is 4.74 Å². The second kappa shape index (κ2) is 6.06. The van der Waals surface area contributed by atoms with Gasteiger partial charge in [0.1, 0.15) is 11.8 Å². The number of hydrogen-bond donors (Lipinski definition) is 0. The molecule has 1 aromatic rings. The van der Waals surface area contributed by atoms with E-state index in [1.54, 1.807) is 11.9 Å². The van der Waals surface area contributed by atoms with E-state index in [-0.39, 0.29) is 16.4 Å². The van der Waals surface area contributed by atoms with Gasteiger partial charge in [-0.1, -0.05) is 28.7 Å². The number of allylic oxidation sites excluding steroid dienone is 1. The molecule has 5 heteroatoms. The van der Waals surface area contributed by atoms with Gasteiger partial charge in [-0.05, 0) is 36.2 Å². The molecular weight excluding hydrogens is 355 g/mol. The molecule has 1 heterocycles. The summed E-state index contributed by atoms with van der Waals surface area (Å²) < 4.78 is 5.22. The molecule has 2 rings (SSSR count). The topological polar surface area (TPSA) is 53.3 Å². The molecule has 1 aliphatic heterocycles. The van der Waals surface area contributed by atoms with Gasteiger partial charge < -0.3 is 9.64 Å². The number of amides is 1. The van der Waals surface area contributed by atoms with Gasteiger partial charge in [0, 0.05) is 12.7 Å². The summed E-state index contributed by atoms with van der Waals surface area (Å²) in [6, 6.07) is 9.34. The molecule has 1 aliphatic rings. The van der Waals surface area contributed by atoms with Gasteiger partial charge in [0.25, 0.3) is 0 Å². The lowest BCUT2D eigenvalue weighted by Crippen LogP contribution is -2.35. The van der Waals surface area contributed by atoms with Crippen molar-refractivity contribution < 1.29 is 9.53 Å². The largest absolute Gasteiger partial charge is 0.479 e. The highest BCUT2D eigenvalue weighted by atomic mass is 127. The van der Waals surface area contributed by atoms with E-state index in [0.29, 0.717) is 5.75 Å². The Morgan fingerprint density at radius 1 is 1.47 bits per heavy atom. The SMILES string of the molecule is CN1C(=O)C(I)CC=C1c1ccc(OCC#N)cc1. The number of halogens is 1. The van der Waals surface area contributed by atoms with E-state index in [9.17, 15) is 4.79 Å². The van der Waals surface area contributed by atoms with Gasteiger partial charge in [0.15, 0.2) is 6.61 Å². The number of alkyl halides is 1. The minimum Gasteiger partial charge on any atom is -0.479 e. The molecule has 1 aromatic carbocycles. The molecule has 1 unspecified atom stereocenters. The van der Waals surface area contributed by atoms with Crippen molar-refractivity contribution in [2.24, 2.45) is 0 Å². The van der Waals surface area contributed by atoms with Crippen molar-refractivity contribution >= 4 is 34.2 Å². The Hall–Kier alpha value is -1.55. The predicted octanol–water partition coefficient (Wildman–Crippen LogP) is 2.60.